The summed E-state index contributed by atoms with van der Waals surface area (Å²) >= 11 is 3.47. The van der Waals surface area contributed by atoms with Gasteiger partial charge >= 0.3 is 0 Å². The standard InChI is InChI=1S/C24H23BrN2O4S/c1-16-3-6-20(7-4-16)26-32(29,30)22-10-8-21(9-11-22)31-15-24(28)27-17(2)13-18-14-19(25)5-12-23(18)27/h3-12,14,17,26H,13,15H2,1-2H3. The lowest BCUT2D eigenvalue weighted by molar-refractivity contribution is -0.120. The van der Waals surface area contributed by atoms with Gasteiger partial charge in [0.1, 0.15) is 5.75 Å². The van der Waals surface area contributed by atoms with Crippen molar-refractivity contribution in [2.24, 2.45) is 0 Å². The number of carbonyl (C=O) groups is 1. The number of anilines is 2. The lowest BCUT2D eigenvalue weighted by atomic mass is 10.1. The van der Waals surface area contributed by atoms with Crippen LogP contribution in [0.3, 0.4) is 0 Å². The van der Waals surface area contributed by atoms with E-state index < -0.39 is 10.0 Å². The van der Waals surface area contributed by atoms with Gasteiger partial charge in [0.15, 0.2) is 6.61 Å². The van der Waals surface area contributed by atoms with Crippen molar-refractivity contribution in [3.63, 3.8) is 0 Å². The lowest BCUT2D eigenvalue weighted by Crippen LogP contribution is -2.39. The molecule has 0 aliphatic carbocycles. The van der Waals surface area contributed by atoms with E-state index in [1.807, 2.05) is 44.2 Å². The zero-order valence-corrected chi connectivity index (χ0v) is 20.1. The predicted octanol–water partition coefficient (Wildman–Crippen LogP) is 4.91. The Morgan fingerprint density at radius 3 is 2.47 bits per heavy atom. The molecule has 1 N–H and O–H groups in total. The number of nitrogens with zero attached hydrogens (tertiary/aromatic N) is 1. The molecule has 1 unspecified atom stereocenters. The van der Waals surface area contributed by atoms with E-state index in [2.05, 4.69) is 20.7 Å². The zero-order chi connectivity index (χ0) is 22.9. The molecule has 0 spiro atoms. The van der Waals surface area contributed by atoms with E-state index in [-0.39, 0.29) is 23.5 Å². The Bertz CT molecular complexity index is 1240. The Morgan fingerprint density at radius 2 is 1.78 bits per heavy atom. The highest BCUT2D eigenvalue weighted by molar-refractivity contribution is 9.10. The second kappa shape index (κ2) is 8.96. The molecule has 1 aliphatic rings. The number of hydrogen-bond donors (Lipinski definition) is 1. The van der Waals surface area contributed by atoms with E-state index in [1.165, 1.54) is 12.1 Å². The quantitative estimate of drug-likeness (QED) is 0.506. The third-order valence-electron chi connectivity index (χ3n) is 5.33. The SMILES string of the molecule is Cc1ccc(NS(=O)(=O)c2ccc(OCC(=O)N3c4ccc(Br)cc4CC3C)cc2)cc1. The highest BCUT2D eigenvalue weighted by atomic mass is 79.9. The molecule has 6 nitrogen and oxygen atoms in total. The maximum Gasteiger partial charge on any atom is 0.265 e. The molecule has 1 heterocycles. The minimum Gasteiger partial charge on any atom is -0.484 e. The Hall–Kier alpha value is -2.84. The number of fused-ring (bicyclic) bond motifs is 1. The van der Waals surface area contributed by atoms with Crippen LogP contribution >= 0.6 is 15.9 Å². The highest BCUT2D eigenvalue weighted by Gasteiger charge is 2.31. The largest absolute Gasteiger partial charge is 0.484 e. The van der Waals surface area contributed by atoms with Crippen LogP contribution in [0.2, 0.25) is 0 Å². The fourth-order valence-electron chi connectivity index (χ4n) is 3.75. The number of amides is 1. The van der Waals surface area contributed by atoms with Gasteiger partial charge in [-0.05, 0) is 80.4 Å². The van der Waals surface area contributed by atoms with Gasteiger partial charge in [-0.15, -0.1) is 0 Å². The molecule has 0 aromatic heterocycles. The Kier molecular flexibility index (Phi) is 6.26. The number of rotatable bonds is 6. The average Bonchev–Trinajstić information content (AvgIpc) is 3.08. The number of nitrogens with one attached hydrogen (secondary N) is 1. The van der Waals surface area contributed by atoms with Gasteiger partial charge in [-0.1, -0.05) is 33.6 Å². The van der Waals surface area contributed by atoms with Crippen molar-refractivity contribution in [3.05, 3.63) is 82.3 Å². The van der Waals surface area contributed by atoms with E-state index in [4.69, 9.17) is 4.74 Å². The Morgan fingerprint density at radius 1 is 1.09 bits per heavy atom. The summed E-state index contributed by atoms with van der Waals surface area (Å²) in [6.07, 6.45) is 0.793. The van der Waals surface area contributed by atoms with Gasteiger partial charge in [-0.3, -0.25) is 9.52 Å². The number of sulfonamides is 1. The molecule has 0 saturated heterocycles. The summed E-state index contributed by atoms with van der Waals surface area (Å²) in [6, 6.07) is 19.1. The number of benzene rings is 3. The summed E-state index contributed by atoms with van der Waals surface area (Å²) in [4.78, 5) is 14.7. The average molecular weight is 515 g/mol. The number of carbonyl (C=O) groups excluding carboxylic acids is 1. The fourth-order valence-corrected chi connectivity index (χ4v) is 5.21. The maximum atomic E-state index is 12.8. The molecule has 3 aromatic carbocycles. The first kappa shape index (κ1) is 22.4. The van der Waals surface area contributed by atoms with Crippen LogP contribution in [0.25, 0.3) is 0 Å². The fraction of sp³-hybridized carbons (Fsp3) is 0.208. The van der Waals surface area contributed by atoms with Crippen LogP contribution in [-0.4, -0.2) is 27.0 Å². The normalized spacial score (nSPS) is 15.3. The molecule has 8 heteroatoms. The van der Waals surface area contributed by atoms with Crippen molar-refractivity contribution >= 4 is 43.2 Å². The molecule has 1 atom stereocenters. The first-order chi connectivity index (χ1) is 15.2. The van der Waals surface area contributed by atoms with Gasteiger partial charge in [-0.2, -0.15) is 0 Å². The topological polar surface area (TPSA) is 75.7 Å². The summed E-state index contributed by atoms with van der Waals surface area (Å²) in [6.45, 7) is 3.81. The van der Waals surface area contributed by atoms with Gasteiger partial charge in [-0.25, -0.2) is 8.42 Å². The monoisotopic (exact) mass is 514 g/mol. The molecule has 32 heavy (non-hydrogen) atoms. The van der Waals surface area contributed by atoms with Crippen LogP contribution in [0.4, 0.5) is 11.4 Å². The van der Waals surface area contributed by atoms with E-state index in [0.29, 0.717) is 11.4 Å². The third kappa shape index (κ3) is 4.81. The molecule has 0 saturated carbocycles. The third-order valence-corrected chi connectivity index (χ3v) is 7.22. The van der Waals surface area contributed by atoms with Gasteiger partial charge in [0.2, 0.25) is 0 Å². The molecule has 4 rings (SSSR count). The molecule has 0 radical (unpaired) electrons. The molecule has 1 aliphatic heterocycles. The van der Waals surface area contributed by atoms with Crippen LogP contribution in [0.5, 0.6) is 5.75 Å². The summed E-state index contributed by atoms with van der Waals surface area (Å²) in [7, 11) is -3.72. The predicted molar refractivity (Wildman–Crippen MR) is 129 cm³/mol. The minimum absolute atomic E-state index is 0.0516. The summed E-state index contributed by atoms with van der Waals surface area (Å²) < 4.78 is 34.4. The molecule has 0 fully saturated rings. The first-order valence-electron chi connectivity index (χ1n) is 10.2. The van der Waals surface area contributed by atoms with Crippen LogP contribution in [-0.2, 0) is 21.2 Å². The number of aryl methyl sites for hydroxylation is 1. The van der Waals surface area contributed by atoms with Crippen LogP contribution in [0.15, 0.2) is 76.1 Å². The maximum absolute atomic E-state index is 12.8. The number of hydrogen-bond acceptors (Lipinski definition) is 4. The Balaban J connectivity index is 1.40. The highest BCUT2D eigenvalue weighted by Crippen LogP contribution is 2.34. The second-order valence-electron chi connectivity index (χ2n) is 7.82. The van der Waals surface area contributed by atoms with E-state index in [9.17, 15) is 13.2 Å². The molecule has 0 bridgehead atoms. The Labute approximate surface area is 196 Å². The minimum atomic E-state index is -3.72. The molecule has 3 aromatic rings. The van der Waals surface area contributed by atoms with Gasteiger partial charge < -0.3 is 9.64 Å². The van der Waals surface area contributed by atoms with Crippen molar-refractivity contribution in [1.29, 1.82) is 0 Å². The van der Waals surface area contributed by atoms with Crippen molar-refractivity contribution in [2.45, 2.75) is 31.2 Å². The molecular weight excluding hydrogens is 492 g/mol. The number of halogens is 1. The summed E-state index contributed by atoms with van der Waals surface area (Å²) in [5, 5.41) is 0. The van der Waals surface area contributed by atoms with Gasteiger partial charge in [0.05, 0.1) is 4.90 Å². The van der Waals surface area contributed by atoms with Crippen molar-refractivity contribution in [3.8, 4) is 5.75 Å². The lowest BCUT2D eigenvalue weighted by Gasteiger charge is -2.22. The van der Waals surface area contributed by atoms with Crippen molar-refractivity contribution in [2.75, 3.05) is 16.2 Å². The molecule has 1 amide bonds. The van der Waals surface area contributed by atoms with Crippen molar-refractivity contribution < 1.29 is 17.9 Å². The zero-order valence-electron chi connectivity index (χ0n) is 17.7. The molecular formula is C24H23BrN2O4S. The van der Waals surface area contributed by atoms with Gasteiger partial charge in [0.25, 0.3) is 15.9 Å². The second-order valence-corrected chi connectivity index (χ2v) is 10.4. The van der Waals surface area contributed by atoms with Crippen molar-refractivity contribution in [1.82, 2.24) is 0 Å². The molecule has 166 valence electrons. The van der Waals surface area contributed by atoms with E-state index in [0.717, 1.165) is 27.7 Å². The van der Waals surface area contributed by atoms with Crippen LogP contribution < -0.4 is 14.4 Å². The first-order valence-corrected chi connectivity index (χ1v) is 12.4. The summed E-state index contributed by atoms with van der Waals surface area (Å²) in [5.74, 6) is 0.284. The smallest absolute Gasteiger partial charge is 0.265 e. The van der Waals surface area contributed by atoms with Gasteiger partial charge in [0, 0.05) is 21.9 Å². The number of ether oxygens (including phenoxy) is 1. The van der Waals surface area contributed by atoms with E-state index >= 15 is 0 Å². The summed E-state index contributed by atoms with van der Waals surface area (Å²) in [5.41, 5.74) is 3.56. The van der Waals surface area contributed by atoms with Crippen LogP contribution in [0.1, 0.15) is 18.1 Å². The van der Waals surface area contributed by atoms with Crippen LogP contribution in [0, 0.1) is 6.92 Å². The van der Waals surface area contributed by atoms with E-state index in [1.54, 1.807) is 29.2 Å².